The van der Waals surface area contributed by atoms with Crippen LogP contribution in [0.2, 0.25) is 0 Å². The first-order valence-electron chi connectivity index (χ1n) is 7.94. The summed E-state index contributed by atoms with van der Waals surface area (Å²) >= 11 is 0. The van der Waals surface area contributed by atoms with Crippen LogP contribution in [0.1, 0.15) is 67.9 Å². The molecule has 1 fully saturated rings. The number of nitrogens with two attached hydrogens (primary N) is 1. The van der Waals surface area contributed by atoms with Gasteiger partial charge in [-0.3, -0.25) is 4.79 Å². The Kier molecular flexibility index (Phi) is 7.76. The standard InChI is InChI=1S/C16H26N4O.ClH/c1-11(2)15-13(9-18-10-19-15)16(21)20-14(8-17)12-6-4-3-5-7-12;/h9-12,14H,3-8,17H2,1-2H3,(H,20,21);1H. The van der Waals surface area contributed by atoms with E-state index in [9.17, 15) is 4.79 Å². The Bertz CT molecular complexity index is 475. The van der Waals surface area contributed by atoms with Crippen LogP contribution in [0.3, 0.4) is 0 Å². The highest BCUT2D eigenvalue weighted by atomic mass is 35.5. The van der Waals surface area contributed by atoms with Crippen LogP contribution >= 0.6 is 12.4 Å². The predicted molar refractivity (Wildman–Crippen MR) is 90.3 cm³/mol. The molecule has 1 aromatic heterocycles. The SMILES string of the molecule is CC(C)c1ncncc1C(=O)NC(CN)C1CCCCC1.Cl. The zero-order valence-electron chi connectivity index (χ0n) is 13.4. The van der Waals surface area contributed by atoms with E-state index in [0.717, 1.165) is 18.5 Å². The van der Waals surface area contributed by atoms with Crippen molar-refractivity contribution in [3.63, 3.8) is 0 Å². The van der Waals surface area contributed by atoms with E-state index in [1.807, 2.05) is 13.8 Å². The quantitative estimate of drug-likeness (QED) is 0.871. The Hall–Kier alpha value is -1.20. The summed E-state index contributed by atoms with van der Waals surface area (Å²) in [4.78, 5) is 20.8. The number of halogens is 1. The van der Waals surface area contributed by atoms with E-state index in [1.165, 1.54) is 25.6 Å². The second-order valence-electron chi connectivity index (χ2n) is 6.19. The van der Waals surface area contributed by atoms with Crippen molar-refractivity contribution in [2.75, 3.05) is 6.54 Å². The molecule has 1 saturated carbocycles. The van der Waals surface area contributed by atoms with Gasteiger partial charge in [-0.2, -0.15) is 0 Å². The molecule has 6 heteroatoms. The molecule has 1 aliphatic carbocycles. The summed E-state index contributed by atoms with van der Waals surface area (Å²) < 4.78 is 0. The van der Waals surface area contributed by atoms with E-state index < -0.39 is 0 Å². The fraction of sp³-hybridized carbons (Fsp3) is 0.688. The predicted octanol–water partition coefficient (Wildman–Crippen LogP) is 2.66. The molecule has 124 valence electrons. The van der Waals surface area contributed by atoms with Gasteiger partial charge in [-0.15, -0.1) is 12.4 Å². The summed E-state index contributed by atoms with van der Waals surface area (Å²) in [5, 5.41) is 3.10. The van der Waals surface area contributed by atoms with Crippen LogP contribution in [0, 0.1) is 5.92 Å². The minimum absolute atomic E-state index is 0. The lowest BCUT2D eigenvalue weighted by Gasteiger charge is -2.30. The van der Waals surface area contributed by atoms with Gasteiger partial charge in [0.25, 0.3) is 5.91 Å². The van der Waals surface area contributed by atoms with Crippen molar-refractivity contribution in [3.8, 4) is 0 Å². The molecule has 0 spiro atoms. The third-order valence-electron chi connectivity index (χ3n) is 4.32. The third-order valence-corrected chi connectivity index (χ3v) is 4.32. The molecule has 5 nitrogen and oxygen atoms in total. The molecule has 1 heterocycles. The Labute approximate surface area is 138 Å². The first-order chi connectivity index (χ1) is 10.1. The van der Waals surface area contributed by atoms with Crippen LogP contribution < -0.4 is 11.1 Å². The number of nitrogens with one attached hydrogen (secondary N) is 1. The van der Waals surface area contributed by atoms with Crippen LogP contribution in [-0.4, -0.2) is 28.5 Å². The maximum atomic E-state index is 12.5. The number of carbonyl (C=O) groups is 1. The van der Waals surface area contributed by atoms with Crippen molar-refractivity contribution >= 4 is 18.3 Å². The number of nitrogens with zero attached hydrogens (tertiary/aromatic N) is 2. The third kappa shape index (κ3) is 4.65. The van der Waals surface area contributed by atoms with Gasteiger partial charge in [-0.1, -0.05) is 33.1 Å². The van der Waals surface area contributed by atoms with Crippen molar-refractivity contribution in [1.82, 2.24) is 15.3 Å². The van der Waals surface area contributed by atoms with E-state index in [4.69, 9.17) is 5.73 Å². The Balaban J connectivity index is 0.00000242. The van der Waals surface area contributed by atoms with Gasteiger partial charge in [-0.05, 0) is 24.7 Å². The molecule has 2 rings (SSSR count). The Morgan fingerprint density at radius 1 is 1.36 bits per heavy atom. The van der Waals surface area contributed by atoms with Crippen molar-refractivity contribution < 1.29 is 4.79 Å². The van der Waals surface area contributed by atoms with E-state index in [2.05, 4.69) is 15.3 Å². The van der Waals surface area contributed by atoms with Gasteiger partial charge < -0.3 is 11.1 Å². The highest BCUT2D eigenvalue weighted by Crippen LogP contribution is 2.26. The largest absolute Gasteiger partial charge is 0.348 e. The lowest BCUT2D eigenvalue weighted by atomic mass is 9.83. The van der Waals surface area contributed by atoms with Gasteiger partial charge in [0.05, 0.1) is 11.3 Å². The van der Waals surface area contributed by atoms with Gasteiger partial charge in [0, 0.05) is 18.8 Å². The molecule has 1 aromatic rings. The maximum Gasteiger partial charge on any atom is 0.254 e. The first-order valence-corrected chi connectivity index (χ1v) is 7.94. The van der Waals surface area contributed by atoms with Crippen LogP contribution in [0.25, 0.3) is 0 Å². The molecular formula is C16H27ClN4O. The number of carbonyl (C=O) groups excluding carboxylic acids is 1. The van der Waals surface area contributed by atoms with E-state index in [1.54, 1.807) is 6.20 Å². The zero-order valence-corrected chi connectivity index (χ0v) is 14.2. The molecule has 22 heavy (non-hydrogen) atoms. The summed E-state index contributed by atoms with van der Waals surface area (Å²) in [7, 11) is 0. The average molecular weight is 327 g/mol. The summed E-state index contributed by atoms with van der Waals surface area (Å²) in [6.07, 6.45) is 9.19. The van der Waals surface area contributed by atoms with Gasteiger partial charge in [0.1, 0.15) is 6.33 Å². The van der Waals surface area contributed by atoms with Gasteiger partial charge in [0.2, 0.25) is 0 Å². The maximum absolute atomic E-state index is 12.5. The van der Waals surface area contributed by atoms with Crippen molar-refractivity contribution in [2.24, 2.45) is 11.7 Å². The molecule has 1 unspecified atom stereocenters. The minimum Gasteiger partial charge on any atom is -0.348 e. The highest BCUT2D eigenvalue weighted by Gasteiger charge is 2.25. The lowest BCUT2D eigenvalue weighted by Crippen LogP contribution is -2.46. The summed E-state index contributed by atoms with van der Waals surface area (Å²) in [6.45, 7) is 4.54. The van der Waals surface area contributed by atoms with Gasteiger partial charge in [0.15, 0.2) is 0 Å². The molecule has 0 saturated heterocycles. The number of aromatic nitrogens is 2. The Morgan fingerprint density at radius 3 is 2.64 bits per heavy atom. The van der Waals surface area contributed by atoms with Crippen LogP contribution in [0.4, 0.5) is 0 Å². The molecule has 1 amide bonds. The summed E-state index contributed by atoms with van der Waals surface area (Å²) in [6, 6.07) is 0.0537. The molecular weight excluding hydrogens is 300 g/mol. The molecule has 0 aliphatic heterocycles. The smallest absolute Gasteiger partial charge is 0.254 e. The topological polar surface area (TPSA) is 80.9 Å². The average Bonchev–Trinajstić information content (AvgIpc) is 2.53. The highest BCUT2D eigenvalue weighted by molar-refractivity contribution is 5.95. The summed E-state index contributed by atoms with van der Waals surface area (Å²) in [5.74, 6) is 0.597. The van der Waals surface area contributed by atoms with Crippen LogP contribution in [0.15, 0.2) is 12.5 Å². The second-order valence-corrected chi connectivity index (χ2v) is 6.19. The normalized spacial score (nSPS) is 16.9. The number of hydrogen-bond acceptors (Lipinski definition) is 4. The second kappa shape index (κ2) is 9.06. The first kappa shape index (κ1) is 18.8. The van der Waals surface area contributed by atoms with Crippen molar-refractivity contribution in [3.05, 3.63) is 23.8 Å². The molecule has 0 bridgehead atoms. The van der Waals surface area contributed by atoms with Gasteiger partial charge in [-0.25, -0.2) is 9.97 Å². The van der Waals surface area contributed by atoms with E-state index in [-0.39, 0.29) is 30.3 Å². The van der Waals surface area contributed by atoms with Crippen molar-refractivity contribution in [2.45, 2.75) is 57.9 Å². The molecule has 1 aliphatic rings. The number of rotatable bonds is 5. The number of amides is 1. The zero-order chi connectivity index (χ0) is 15.2. The van der Waals surface area contributed by atoms with Crippen LogP contribution in [0.5, 0.6) is 0 Å². The fourth-order valence-corrected chi connectivity index (χ4v) is 3.13. The summed E-state index contributed by atoms with van der Waals surface area (Å²) in [5.41, 5.74) is 7.25. The molecule has 0 radical (unpaired) electrons. The molecule has 0 aromatic carbocycles. The van der Waals surface area contributed by atoms with Gasteiger partial charge >= 0.3 is 0 Å². The number of hydrogen-bond donors (Lipinski definition) is 2. The fourth-order valence-electron chi connectivity index (χ4n) is 3.13. The van der Waals surface area contributed by atoms with E-state index in [0.29, 0.717) is 18.0 Å². The molecule has 1 atom stereocenters. The minimum atomic E-state index is -0.0969. The van der Waals surface area contributed by atoms with E-state index >= 15 is 0 Å². The lowest BCUT2D eigenvalue weighted by molar-refractivity contribution is 0.0913. The van der Waals surface area contributed by atoms with Crippen LogP contribution in [-0.2, 0) is 0 Å². The molecule has 3 N–H and O–H groups in total. The van der Waals surface area contributed by atoms with Crippen molar-refractivity contribution in [1.29, 1.82) is 0 Å². The monoisotopic (exact) mass is 326 g/mol. The Morgan fingerprint density at radius 2 is 2.05 bits per heavy atom.